The van der Waals surface area contributed by atoms with Crippen molar-refractivity contribution in [1.82, 2.24) is 9.97 Å². The Morgan fingerprint density at radius 2 is 1.80 bits per heavy atom. The molecule has 0 unspecified atom stereocenters. The molecule has 0 aliphatic carbocycles. The third kappa shape index (κ3) is 2.83. The van der Waals surface area contributed by atoms with E-state index in [9.17, 15) is 0 Å². The van der Waals surface area contributed by atoms with Crippen LogP contribution in [0.1, 0.15) is 5.56 Å². The zero-order chi connectivity index (χ0) is 17.2. The van der Waals surface area contributed by atoms with Crippen LogP contribution < -0.4 is 10.1 Å². The van der Waals surface area contributed by atoms with E-state index in [2.05, 4.69) is 46.5 Å². The largest absolute Gasteiger partial charge is 0.496 e. The second-order valence-corrected chi connectivity index (χ2v) is 5.96. The van der Waals surface area contributed by atoms with Crippen molar-refractivity contribution in [2.75, 3.05) is 12.4 Å². The van der Waals surface area contributed by atoms with Gasteiger partial charge < -0.3 is 15.0 Å². The Morgan fingerprint density at radius 1 is 1.00 bits per heavy atom. The average Bonchev–Trinajstić information content (AvgIpc) is 3.06. The van der Waals surface area contributed by atoms with Gasteiger partial charge in [-0.2, -0.15) is 0 Å². The normalized spacial score (nSPS) is 10.8. The number of hydrogen-bond acceptors (Lipinski definition) is 3. The van der Waals surface area contributed by atoms with Crippen LogP contribution in [0.25, 0.3) is 22.2 Å². The van der Waals surface area contributed by atoms with Crippen molar-refractivity contribution in [2.24, 2.45) is 0 Å². The molecule has 0 atom stereocenters. The molecule has 4 aromatic rings. The highest BCUT2D eigenvalue weighted by Crippen LogP contribution is 2.35. The molecule has 0 aliphatic rings. The fraction of sp³-hybridized carbons (Fsp3) is 0.0952. The van der Waals surface area contributed by atoms with Gasteiger partial charge in [0, 0.05) is 28.4 Å². The summed E-state index contributed by atoms with van der Waals surface area (Å²) in [6.07, 6.45) is 3.82. The summed E-state index contributed by atoms with van der Waals surface area (Å²) in [5, 5.41) is 4.51. The molecular weight excluding hydrogens is 310 g/mol. The smallest absolute Gasteiger partial charge is 0.138 e. The number of nitrogens with zero attached hydrogens (tertiary/aromatic N) is 1. The number of hydrogen-bond donors (Lipinski definition) is 2. The minimum Gasteiger partial charge on any atom is -0.496 e. The monoisotopic (exact) mass is 329 g/mol. The van der Waals surface area contributed by atoms with Gasteiger partial charge in [0.05, 0.1) is 19.0 Å². The Balaban J connectivity index is 1.79. The lowest BCUT2D eigenvalue weighted by atomic mass is 10.0. The van der Waals surface area contributed by atoms with Crippen molar-refractivity contribution in [3.63, 3.8) is 0 Å². The fourth-order valence-corrected chi connectivity index (χ4v) is 3.03. The first-order valence-corrected chi connectivity index (χ1v) is 8.19. The van der Waals surface area contributed by atoms with Crippen LogP contribution in [-0.4, -0.2) is 17.1 Å². The van der Waals surface area contributed by atoms with E-state index in [1.165, 1.54) is 5.56 Å². The summed E-state index contributed by atoms with van der Waals surface area (Å²) in [5.74, 6) is 0.848. The standard InChI is InChI=1S/C21H19N3O/c1-14-7-3-5-9-19(14)24-15-11-17-18(13-23-21(17)22-12-15)16-8-4-6-10-20(16)25-2/h3-13,24H,1-2H3,(H,22,23). The lowest BCUT2D eigenvalue weighted by Gasteiger charge is -2.10. The highest BCUT2D eigenvalue weighted by atomic mass is 16.5. The van der Waals surface area contributed by atoms with Crippen LogP contribution in [0.3, 0.4) is 0 Å². The van der Waals surface area contributed by atoms with Crippen LogP contribution in [0.15, 0.2) is 67.0 Å². The van der Waals surface area contributed by atoms with Gasteiger partial charge in [0.1, 0.15) is 11.4 Å². The minimum absolute atomic E-state index is 0.848. The zero-order valence-electron chi connectivity index (χ0n) is 14.2. The molecule has 0 saturated heterocycles. The molecule has 0 aliphatic heterocycles. The van der Waals surface area contributed by atoms with E-state index in [4.69, 9.17) is 4.74 Å². The molecule has 0 fully saturated rings. The van der Waals surface area contributed by atoms with Gasteiger partial charge in [0.15, 0.2) is 0 Å². The molecule has 124 valence electrons. The van der Waals surface area contributed by atoms with Crippen LogP contribution in [0.5, 0.6) is 5.75 Å². The van der Waals surface area contributed by atoms with Crippen molar-refractivity contribution < 1.29 is 4.74 Å². The first-order valence-electron chi connectivity index (χ1n) is 8.19. The molecule has 0 spiro atoms. The summed E-state index contributed by atoms with van der Waals surface area (Å²) in [4.78, 5) is 7.80. The van der Waals surface area contributed by atoms with Gasteiger partial charge in [0.2, 0.25) is 0 Å². The lowest BCUT2D eigenvalue weighted by molar-refractivity contribution is 0.416. The van der Waals surface area contributed by atoms with Gasteiger partial charge in [-0.25, -0.2) is 4.98 Å². The number of rotatable bonds is 4. The highest BCUT2D eigenvalue weighted by Gasteiger charge is 2.12. The molecule has 0 radical (unpaired) electrons. The van der Waals surface area contributed by atoms with Crippen LogP contribution in [0, 0.1) is 6.92 Å². The van der Waals surface area contributed by atoms with E-state index in [1.807, 2.05) is 42.7 Å². The van der Waals surface area contributed by atoms with Gasteiger partial charge >= 0.3 is 0 Å². The molecule has 4 nitrogen and oxygen atoms in total. The maximum atomic E-state index is 5.51. The predicted octanol–water partition coefficient (Wildman–Crippen LogP) is 5.29. The van der Waals surface area contributed by atoms with E-state index in [0.29, 0.717) is 0 Å². The summed E-state index contributed by atoms with van der Waals surface area (Å²) < 4.78 is 5.51. The molecule has 4 heteroatoms. The number of methoxy groups -OCH3 is 1. The number of benzene rings is 2. The van der Waals surface area contributed by atoms with E-state index in [1.54, 1.807) is 7.11 Å². The van der Waals surface area contributed by atoms with E-state index < -0.39 is 0 Å². The number of pyridine rings is 1. The van der Waals surface area contributed by atoms with Gasteiger partial charge in [-0.3, -0.25) is 0 Å². The topological polar surface area (TPSA) is 49.9 Å². The van der Waals surface area contributed by atoms with Gasteiger partial charge in [-0.15, -0.1) is 0 Å². The third-order valence-corrected chi connectivity index (χ3v) is 4.35. The first-order chi connectivity index (χ1) is 12.3. The van der Waals surface area contributed by atoms with Crippen LogP contribution in [0.2, 0.25) is 0 Å². The highest BCUT2D eigenvalue weighted by molar-refractivity contribution is 5.97. The Morgan fingerprint density at radius 3 is 2.64 bits per heavy atom. The number of ether oxygens (including phenoxy) is 1. The van der Waals surface area contributed by atoms with Crippen molar-refractivity contribution in [3.05, 3.63) is 72.6 Å². The quantitative estimate of drug-likeness (QED) is 0.535. The number of aryl methyl sites for hydroxylation is 1. The fourth-order valence-electron chi connectivity index (χ4n) is 3.03. The van der Waals surface area contributed by atoms with Crippen molar-refractivity contribution in [1.29, 1.82) is 0 Å². The molecular formula is C21H19N3O. The van der Waals surface area contributed by atoms with E-state index in [0.717, 1.165) is 39.3 Å². The number of fused-ring (bicyclic) bond motifs is 1. The number of H-pyrrole nitrogens is 1. The molecule has 0 saturated carbocycles. The van der Waals surface area contributed by atoms with E-state index >= 15 is 0 Å². The number of aromatic nitrogens is 2. The van der Waals surface area contributed by atoms with Crippen molar-refractivity contribution >= 4 is 22.4 Å². The Hall–Kier alpha value is -3.27. The van der Waals surface area contributed by atoms with Crippen molar-refractivity contribution in [3.8, 4) is 16.9 Å². The second-order valence-electron chi connectivity index (χ2n) is 5.96. The average molecular weight is 329 g/mol. The molecule has 4 rings (SSSR count). The minimum atomic E-state index is 0.848. The third-order valence-electron chi connectivity index (χ3n) is 4.35. The summed E-state index contributed by atoms with van der Waals surface area (Å²) in [7, 11) is 1.69. The summed E-state index contributed by atoms with van der Waals surface area (Å²) in [6, 6.07) is 18.3. The van der Waals surface area contributed by atoms with E-state index in [-0.39, 0.29) is 0 Å². The maximum absolute atomic E-state index is 5.51. The van der Waals surface area contributed by atoms with Crippen LogP contribution in [-0.2, 0) is 0 Å². The molecule has 2 aromatic heterocycles. The second kappa shape index (κ2) is 6.32. The maximum Gasteiger partial charge on any atom is 0.138 e. The van der Waals surface area contributed by atoms with Crippen LogP contribution in [0.4, 0.5) is 11.4 Å². The van der Waals surface area contributed by atoms with Gasteiger partial charge in [-0.05, 0) is 30.7 Å². The van der Waals surface area contributed by atoms with Gasteiger partial charge in [0.25, 0.3) is 0 Å². The van der Waals surface area contributed by atoms with Crippen LogP contribution >= 0.6 is 0 Å². The Bertz CT molecular complexity index is 1040. The van der Waals surface area contributed by atoms with Crippen molar-refractivity contribution in [2.45, 2.75) is 6.92 Å². The number of anilines is 2. The predicted molar refractivity (Wildman–Crippen MR) is 103 cm³/mol. The number of aromatic amines is 1. The molecule has 2 aromatic carbocycles. The summed E-state index contributed by atoms with van der Waals surface area (Å²) in [5.41, 5.74) is 6.22. The first kappa shape index (κ1) is 15.3. The van der Waals surface area contributed by atoms with Gasteiger partial charge in [-0.1, -0.05) is 36.4 Å². The summed E-state index contributed by atoms with van der Waals surface area (Å²) in [6.45, 7) is 2.09. The number of para-hydroxylation sites is 2. The summed E-state index contributed by atoms with van der Waals surface area (Å²) >= 11 is 0. The zero-order valence-corrected chi connectivity index (χ0v) is 14.2. The Labute approximate surface area is 146 Å². The molecule has 0 amide bonds. The molecule has 2 heterocycles. The lowest BCUT2D eigenvalue weighted by Crippen LogP contribution is -1.93. The SMILES string of the molecule is COc1ccccc1-c1c[nH]c2ncc(Nc3ccccc3C)cc12. The molecule has 2 N–H and O–H groups in total. The Kier molecular flexibility index (Phi) is 3.86. The molecule has 25 heavy (non-hydrogen) atoms. The number of nitrogens with one attached hydrogen (secondary N) is 2. The molecule has 0 bridgehead atoms.